The van der Waals surface area contributed by atoms with Crippen LogP contribution in [0.1, 0.15) is 128 Å². The molecule has 3 amide bonds. The van der Waals surface area contributed by atoms with Crippen molar-refractivity contribution in [1.82, 2.24) is 28.7 Å². The second-order valence-corrected chi connectivity index (χ2v) is 31.6. The first-order valence-electron chi connectivity index (χ1n) is 34.0. The van der Waals surface area contributed by atoms with Gasteiger partial charge >= 0.3 is 58.3 Å². The summed E-state index contributed by atoms with van der Waals surface area (Å²) in [5, 5.41) is 7.47. The van der Waals surface area contributed by atoms with Gasteiger partial charge in [0, 0.05) is 48.1 Å². The number of phosphoric acid groups is 3. The van der Waals surface area contributed by atoms with Crippen LogP contribution in [0.3, 0.4) is 0 Å². The fraction of sp³-hybridized carbons (Fsp3) is 0.500. The van der Waals surface area contributed by atoms with Gasteiger partial charge in [-0.15, -0.1) is 0 Å². The van der Waals surface area contributed by atoms with Crippen LogP contribution in [0.5, 0.6) is 17.2 Å². The van der Waals surface area contributed by atoms with Crippen molar-refractivity contribution in [2.45, 2.75) is 185 Å². The van der Waals surface area contributed by atoms with Gasteiger partial charge in [-0.2, -0.15) is 41.3 Å². The Morgan fingerprint density at radius 1 is 0.481 bits per heavy atom. The second kappa shape index (κ2) is 30.3. The van der Waals surface area contributed by atoms with E-state index in [4.69, 9.17) is 69.1 Å². The Balaban J connectivity index is 0.000000143. The lowest BCUT2D eigenvalue weighted by Gasteiger charge is -2.32. The monoisotopic (exact) mass is 1580 g/mol. The van der Waals surface area contributed by atoms with Crippen molar-refractivity contribution in [3.63, 3.8) is 0 Å². The fourth-order valence-electron chi connectivity index (χ4n) is 12.7. The van der Waals surface area contributed by atoms with E-state index < -0.39 is 169 Å². The molecule has 42 heteroatoms. The number of nitrogens with zero attached hydrogens (tertiary/aromatic N) is 6. The van der Waals surface area contributed by atoms with Gasteiger partial charge in [-0.25, -0.2) is 28.1 Å². The first kappa shape index (κ1) is 78.0. The third kappa shape index (κ3) is 16.4. The maximum atomic E-state index is 15.2. The molecular formula is C66H72F6N9O24P3. The summed E-state index contributed by atoms with van der Waals surface area (Å²) >= 11 is 0. The van der Waals surface area contributed by atoms with Gasteiger partial charge in [-0.05, 0) is 158 Å². The number of halogens is 6. The van der Waals surface area contributed by atoms with E-state index in [1.165, 1.54) is 18.2 Å². The molecule has 15 rings (SSSR count). The summed E-state index contributed by atoms with van der Waals surface area (Å²) in [7, 11) is -12.7. The first-order chi connectivity index (χ1) is 51.0. The van der Waals surface area contributed by atoms with Crippen molar-refractivity contribution in [2.75, 3.05) is 42.4 Å². The summed E-state index contributed by atoms with van der Waals surface area (Å²) in [5.74, 6) is -11.1. The number of aromatic nitrogens is 6. The van der Waals surface area contributed by atoms with Gasteiger partial charge in [-0.3, -0.25) is 68.8 Å². The molecular weight excluding hydrogens is 1510 g/mol. The number of hydrogen-bond acceptors (Lipinski definition) is 27. The number of nitrogens with one attached hydrogen (secondary N) is 3. The maximum absolute atomic E-state index is 15.2. The molecule has 0 bridgehead atoms. The van der Waals surface area contributed by atoms with E-state index in [1.54, 1.807) is 96.1 Å². The summed E-state index contributed by atoms with van der Waals surface area (Å²) in [5.41, 5.74) is 0.404. The molecule has 8 unspecified atom stereocenters. The summed E-state index contributed by atoms with van der Waals surface area (Å²) in [6.07, 6.45) is -11.7. The molecule has 3 aromatic carbocycles. The van der Waals surface area contributed by atoms with Crippen molar-refractivity contribution in [3.05, 3.63) is 156 Å². The quantitative estimate of drug-likeness (QED) is 0.0635. The van der Waals surface area contributed by atoms with Crippen molar-refractivity contribution >= 4 is 58.6 Å². The number of anilines is 3. The number of hydrogen-bond donors (Lipinski definition) is 3. The summed E-state index contributed by atoms with van der Waals surface area (Å²) < 4.78 is 209. The van der Waals surface area contributed by atoms with Gasteiger partial charge < -0.3 is 44.4 Å². The van der Waals surface area contributed by atoms with Crippen LogP contribution in [-0.4, -0.2) is 158 Å². The number of carbonyl (C=O) groups is 3. The van der Waals surface area contributed by atoms with E-state index in [0.717, 1.165) is 53.9 Å². The van der Waals surface area contributed by atoms with Crippen molar-refractivity contribution < 1.29 is 124 Å². The average molecular weight is 1580 g/mol. The highest BCUT2D eigenvalue weighted by molar-refractivity contribution is 7.49. The number of aryl methyl sites for hydroxylation is 1. The van der Waals surface area contributed by atoms with E-state index in [2.05, 4.69) is 30.9 Å². The lowest BCUT2D eigenvalue weighted by molar-refractivity contribution is -0.139. The zero-order valence-electron chi connectivity index (χ0n) is 58.5. The van der Waals surface area contributed by atoms with Gasteiger partial charge in [-0.1, -0.05) is 0 Å². The predicted molar refractivity (Wildman–Crippen MR) is 361 cm³/mol. The predicted octanol–water partition coefficient (Wildman–Crippen LogP) is 9.90. The number of amides is 3. The van der Waals surface area contributed by atoms with Gasteiger partial charge in [0.05, 0.1) is 50.8 Å². The highest BCUT2D eigenvalue weighted by Gasteiger charge is 2.68. The topological polar surface area (TPSA) is 382 Å². The minimum atomic E-state index is -4.23. The van der Waals surface area contributed by atoms with Gasteiger partial charge in [0.2, 0.25) is 18.7 Å². The molecule has 0 radical (unpaired) electrons. The van der Waals surface area contributed by atoms with Crippen LogP contribution in [0.25, 0.3) is 0 Å². The normalized spacial score (nSPS) is 29.9. The molecule has 12 heterocycles. The minimum Gasteiger partial charge on any atom is -0.493 e. The van der Waals surface area contributed by atoms with E-state index in [0.29, 0.717) is 61.3 Å². The fourth-order valence-corrected chi connectivity index (χ4v) is 17.5. The summed E-state index contributed by atoms with van der Waals surface area (Å²) in [6.45, 7) is 12.3. The van der Waals surface area contributed by atoms with Crippen LogP contribution in [0.2, 0.25) is 0 Å². The standard InChI is InChI=1S/C23H26F2N3O8P.C22H24F2N3O8P.C21H22F2N3O8P/c1-12(2)35-37(31)32-11-17-19(36-37)23(24,25)21(34-17)28-9-8-18(27-22(28)30)26-20(29)15-6-7-16-14(10-15)5-4-13(3)33-16;1-11(2)34-36(30)31-10-16-18(35-36)22(23,24)20(33-16)27-7-6-17(26-21(27)29)25-19(28)13-4-5-15-14(9-13)8-12(3)32-15;1-11(2)33-35(29)31-10-15-17(34-35)21(22,23)19(32-15)26-7-5-16(25-20(26)28)24-18(27)13-3-4-14-12(9-13)6-8-30-14/h6-10,12-13,17,19,21H,4-5,11H2,1-3H3,(H,26,27,29,30);4-7,9,11-12,16,18,20H,8,10H2,1-3H3,(H,25,26,28,29);3-5,7,9,11,15,17,19H,6,8,10H2,1-2H3,(H,24,25,27,28)/t13?,17-,19-,21?,37?;12?,16-,18-,20?,36?;15-,17-,19?,35?/m111/s1. The lowest BCUT2D eigenvalue weighted by atomic mass is 10.0. The molecule has 6 fully saturated rings. The Morgan fingerprint density at radius 3 is 1.18 bits per heavy atom. The molecule has 108 heavy (non-hydrogen) atoms. The Morgan fingerprint density at radius 2 is 0.815 bits per heavy atom. The second-order valence-electron chi connectivity index (χ2n) is 26.9. The first-order valence-corrected chi connectivity index (χ1v) is 38.3. The van der Waals surface area contributed by atoms with E-state index >= 15 is 26.3 Å². The van der Waals surface area contributed by atoms with E-state index in [9.17, 15) is 42.5 Å². The highest BCUT2D eigenvalue weighted by atomic mass is 31.2. The third-order valence-electron chi connectivity index (χ3n) is 17.5. The zero-order chi connectivity index (χ0) is 77.3. The van der Waals surface area contributed by atoms with E-state index in [-0.39, 0.29) is 29.7 Å². The largest absolute Gasteiger partial charge is 0.493 e. The minimum absolute atomic E-state index is 0.0129. The Kier molecular flexibility index (Phi) is 21.9. The lowest BCUT2D eigenvalue weighted by Crippen LogP contribution is -2.45. The number of alkyl halides is 6. The summed E-state index contributed by atoms with van der Waals surface area (Å²) in [4.78, 5) is 86.9. The SMILES string of the molecule is CC(C)OP1(=O)OC[C@H]2OC(n3ccc(NC(=O)c4ccc5c(c4)CC(C)O5)nc3=O)C(F)(F)[C@@H]2O1.CC(C)OP1(=O)OC[C@H]2OC(n3ccc(NC(=O)c4ccc5c(c4)CCC(C)O5)nc3=O)C(F)(F)[C@@H]2O1.CC(C)OP1(=O)OC[C@H]2OC(n3ccc(NC(=O)c4ccc5c(c4)CCO5)nc3=O)C(F)(F)[C@@H]2O1. The summed E-state index contributed by atoms with van der Waals surface area (Å²) in [6, 6.07) is 18.5. The van der Waals surface area contributed by atoms with Crippen LogP contribution < -0.4 is 47.2 Å². The van der Waals surface area contributed by atoms with Crippen molar-refractivity contribution in [3.8, 4) is 17.2 Å². The molecule has 0 aliphatic carbocycles. The number of ether oxygens (including phenoxy) is 6. The highest BCUT2D eigenvalue weighted by Crippen LogP contribution is 2.63. The number of fused-ring (bicyclic) bond motifs is 6. The van der Waals surface area contributed by atoms with E-state index in [1.807, 2.05) is 13.8 Å². The van der Waals surface area contributed by atoms with Crippen LogP contribution in [0, 0.1) is 0 Å². The average Bonchev–Trinajstić information content (AvgIpc) is 1.60. The molecule has 0 saturated carbocycles. The molecule has 3 aromatic heterocycles. The van der Waals surface area contributed by atoms with Gasteiger partial charge in [0.15, 0.2) is 18.3 Å². The smallest absolute Gasteiger partial charge is 0.475 e. The Hall–Kier alpha value is -8.10. The molecule has 14 atom stereocenters. The molecule has 582 valence electrons. The zero-order valence-corrected chi connectivity index (χ0v) is 61.2. The molecule has 9 aliphatic heterocycles. The molecule has 9 aliphatic rings. The van der Waals surface area contributed by atoms with Crippen LogP contribution in [0.15, 0.2) is 106 Å². The molecule has 0 spiro atoms. The molecule has 6 aromatic rings. The van der Waals surface area contributed by atoms with Crippen LogP contribution >= 0.6 is 23.5 Å². The van der Waals surface area contributed by atoms with Gasteiger partial charge in [0.25, 0.3) is 17.7 Å². The number of benzene rings is 3. The number of phosphoric ester groups is 3. The maximum Gasteiger partial charge on any atom is 0.475 e. The molecule has 3 N–H and O–H groups in total. The van der Waals surface area contributed by atoms with Crippen molar-refractivity contribution in [1.29, 1.82) is 0 Å². The molecule has 6 saturated heterocycles. The van der Waals surface area contributed by atoms with Crippen LogP contribution in [0.4, 0.5) is 43.8 Å². The number of rotatable bonds is 15. The third-order valence-corrected chi connectivity index (χ3v) is 22.4. The molecule has 33 nitrogen and oxygen atoms in total. The number of carbonyl (C=O) groups excluding carboxylic acids is 3. The van der Waals surface area contributed by atoms with Crippen LogP contribution in [-0.2, 0) is 87.9 Å². The van der Waals surface area contributed by atoms with Crippen molar-refractivity contribution in [2.24, 2.45) is 0 Å². The Bertz CT molecular complexity index is 4820. The van der Waals surface area contributed by atoms with Gasteiger partial charge in [0.1, 0.15) is 59.1 Å². The Labute approximate surface area is 609 Å².